The predicted octanol–water partition coefficient (Wildman–Crippen LogP) is 1.18. The lowest BCUT2D eigenvalue weighted by Gasteiger charge is -2.22. The van der Waals surface area contributed by atoms with Crippen molar-refractivity contribution in [1.82, 2.24) is 5.32 Å². The van der Waals surface area contributed by atoms with Gasteiger partial charge in [-0.25, -0.2) is 4.79 Å². The van der Waals surface area contributed by atoms with Gasteiger partial charge in [0.2, 0.25) is 5.91 Å². The molecule has 2 rings (SSSR count). The van der Waals surface area contributed by atoms with Crippen LogP contribution < -0.4 is 10.6 Å². The second-order valence-corrected chi connectivity index (χ2v) is 4.85. The normalized spacial score (nSPS) is 15.5. The number of benzene rings is 1. The number of amides is 1. The summed E-state index contributed by atoms with van der Waals surface area (Å²) in [6.07, 6.45) is 1.94. The van der Waals surface area contributed by atoms with E-state index in [0.717, 1.165) is 25.9 Å². The molecule has 1 aliphatic rings. The fourth-order valence-corrected chi connectivity index (χ4v) is 2.22. The van der Waals surface area contributed by atoms with Crippen LogP contribution in [0.15, 0.2) is 24.3 Å². The van der Waals surface area contributed by atoms with Gasteiger partial charge in [-0.15, -0.1) is 0 Å². The molecule has 1 aromatic rings. The molecule has 0 atom stereocenters. The molecule has 114 valence electrons. The van der Waals surface area contributed by atoms with Crippen LogP contribution in [-0.4, -0.2) is 44.8 Å². The smallest absolute Gasteiger partial charge is 0.339 e. The lowest BCUT2D eigenvalue weighted by molar-refractivity contribution is -0.123. The molecule has 1 aliphatic heterocycles. The molecule has 1 amide bonds. The molecule has 0 aromatic heterocycles. The van der Waals surface area contributed by atoms with Gasteiger partial charge in [0.1, 0.15) is 6.61 Å². The maximum atomic E-state index is 11.9. The van der Waals surface area contributed by atoms with Gasteiger partial charge in [-0.1, -0.05) is 12.1 Å². The fourth-order valence-electron chi connectivity index (χ4n) is 2.22. The Hall–Kier alpha value is -1.92. The van der Waals surface area contributed by atoms with Crippen LogP contribution in [0.1, 0.15) is 23.2 Å². The van der Waals surface area contributed by atoms with Gasteiger partial charge in [0.25, 0.3) is 0 Å². The third-order valence-electron chi connectivity index (χ3n) is 3.34. The Morgan fingerprint density at radius 1 is 1.29 bits per heavy atom. The van der Waals surface area contributed by atoms with E-state index in [4.69, 9.17) is 4.74 Å². The van der Waals surface area contributed by atoms with Crippen molar-refractivity contribution in [3.63, 3.8) is 0 Å². The quantitative estimate of drug-likeness (QED) is 0.797. The Labute approximate surface area is 123 Å². The molecule has 1 saturated heterocycles. The molecule has 6 nitrogen and oxygen atoms in total. The summed E-state index contributed by atoms with van der Waals surface area (Å²) in [6.45, 7) is 1.81. The molecule has 0 spiro atoms. The zero-order chi connectivity index (χ0) is 15.1. The third-order valence-corrected chi connectivity index (χ3v) is 3.34. The summed E-state index contributed by atoms with van der Waals surface area (Å²) in [6, 6.07) is 6.73. The first-order valence-electron chi connectivity index (χ1n) is 7.00. The van der Waals surface area contributed by atoms with Gasteiger partial charge >= 0.3 is 5.97 Å². The zero-order valence-corrected chi connectivity index (χ0v) is 12.1. The average Bonchev–Trinajstić information content (AvgIpc) is 2.54. The van der Waals surface area contributed by atoms with E-state index in [1.54, 1.807) is 24.3 Å². The van der Waals surface area contributed by atoms with E-state index < -0.39 is 5.97 Å². The fraction of sp³-hybridized carbons (Fsp3) is 0.467. The summed E-state index contributed by atoms with van der Waals surface area (Å²) in [5.41, 5.74) is 0.762. The van der Waals surface area contributed by atoms with Gasteiger partial charge in [0.15, 0.2) is 0 Å². The Kier molecular flexibility index (Phi) is 5.71. The van der Waals surface area contributed by atoms with Crippen LogP contribution in [0.4, 0.5) is 5.69 Å². The highest BCUT2D eigenvalue weighted by Gasteiger charge is 2.16. The number of hydrogen-bond acceptors (Lipinski definition) is 5. The van der Waals surface area contributed by atoms with Crippen LogP contribution in [0.3, 0.4) is 0 Å². The highest BCUT2D eigenvalue weighted by Crippen LogP contribution is 2.16. The molecule has 0 bridgehead atoms. The number of carbonyl (C=O) groups is 2. The summed E-state index contributed by atoms with van der Waals surface area (Å²) < 4.78 is 10.3. The number of carbonyl (C=O) groups excluding carboxylic acids is 2. The summed E-state index contributed by atoms with van der Waals surface area (Å²) in [7, 11) is 1.31. The molecule has 1 aromatic carbocycles. The van der Waals surface area contributed by atoms with Crippen LogP contribution >= 0.6 is 0 Å². The third kappa shape index (κ3) is 4.54. The Bertz CT molecular complexity index is 498. The van der Waals surface area contributed by atoms with E-state index in [2.05, 4.69) is 15.4 Å². The number of anilines is 1. The van der Waals surface area contributed by atoms with Crippen molar-refractivity contribution >= 4 is 17.6 Å². The van der Waals surface area contributed by atoms with Crippen LogP contribution in [0, 0.1) is 0 Å². The molecule has 2 N–H and O–H groups in total. The number of esters is 1. The first kappa shape index (κ1) is 15.5. The molecular weight excluding hydrogens is 272 g/mol. The van der Waals surface area contributed by atoms with E-state index in [1.807, 2.05) is 0 Å². The van der Waals surface area contributed by atoms with Gasteiger partial charge in [-0.05, 0) is 38.1 Å². The van der Waals surface area contributed by atoms with E-state index in [-0.39, 0.29) is 18.6 Å². The van der Waals surface area contributed by atoms with Crippen molar-refractivity contribution in [3.05, 3.63) is 29.8 Å². The van der Waals surface area contributed by atoms with Crippen molar-refractivity contribution in [2.24, 2.45) is 0 Å². The Morgan fingerprint density at radius 3 is 2.71 bits per heavy atom. The molecule has 6 heteroatoms. The highest BCUT2D eigenvalue weighted by atomic mass is 16.5. The summed E-state index contributed by atoms with van der Waals surface area (Å²) in [5.74, 6) is -0.755. The Balaban J connectivity index is 1.88. The second kappa shape index (κ2) is 7.75. The molecule has 1 fully saturated rings. The molecule has 0 aliphatic carbocycles. The summed E-state index contributed by atoms with van der Waals surface area (Å²) >= 11 is 0. The van der Waals surface area contributed by atoms with E-state index in [9.17, 15) is 9.59 Å². The highest BCUT2D eigenvalue weighted by molar-refractivity contribution is 6.01. The molecule has 0 unspecified atom stereocenters. The van der Waals surface area contributed by atoms with Crippen LogP contribution in [-0.2, 0) is 14.3 Å². The minimum atomic E-state index is -0.481. The minimum absolute atomic E-state index is 0.0137. The molecule has 0 saturated carbocycles. The largest absolute Gasteiger partial charge is 0.465 e. The summed E-state index contributed by atoms with van der Waals surface area (Å²) in [4.78, 5) is 23.5. The van der Waals surface area contributed by atoms with E-state index in [1.165, 1.54) is 7.11 Å². The molecule has 1 heterocycles. The number of rotatable bonds is 5. The lowest BCUT2D eigenvalue weighted by Crippen LogP contribution is -2.34. The Morgan fingerprint density at radius 2 is 2.00 bits per heavy atom. The lowest BCUT2D eigenvalue weighted by atomic mass is 10.1. The first-order chi connectivity index (χ1) is 10.2. The zero-order valence-electron chi connectivity index (χ0n) is 12.1. The topological polar surface area (TPSA) is 76.7 Å². The molecule has 0 radical (unpaired) electrons. The standard InChI is InChI=1S/C15H20N2O4/c1-20-15(19)12-4-2-3-5-13(12)17-14(18)10-21-11-6-8-16-9-7-11/h2-5,11,16H,6-10H2,1H3,(H,17,18). The van der Waals surface area contributed by atoms with Crippen LogP contribution in [0.2, 0.25) is 0 Å². The second-order valence-electron chi connectivity index (χ2n) is 4.85. The van der Waals surface area contributed by atoms with Gasteiger partial charge in [0.05, 0.1) is 24.5 Å². The van der Waals surface area contributed by atoms with Crippen molar-refractivity contribution < 1.29 is 19.1 Å². The van der Waals surface area contributed by atoms with E-state index >= 15 is 0 Å². The monoisotopic (exact) mass is 292 g/mol. The summed E-state index contributed by atoms with van der Waals surface area (Å²) in [5, 5.41) is 5.92. The van der Waals surface area contributed by atoms with Crippen molar-refractivity contribution in [3.8, 4) is 0 Å². The van der Waals surface area contributed by atoms with Crippen molar-refractivity contribution in [2.45, 2.75) is 18.9 Å². The van der Waals surface area contributed by atoms with E-state index in [0.29, 0.717) is 11.3 Å². The minimum Gasteiger partial charge on any atom is -0.465 e. The van der Waals surface area contributed by atoms with Crippen LogP contribution in [0.5, 0.6) is 0 Å². The number of piperidine rings is 1. The van der Waals surface area contributed by atoms with Gasteiger partial charge in [-0.3, -0.25) is 4.79 Å². The average molecular weight is 292 g/mol. The number of hydrogen-bond donors (Lipinski definition) is 2. The van der Waals surface area contributed by atoms with Gasteiger partial charge in [-0.2, -0.15) is 0 Å². The number of methoxy groups -OCH3 is 1. The molecular formula is C15H20N2O4. The number of para-hydroxylation sites is 1. The first-order valence-corrected chi connectivity index (χ1v) is 7.00. The van der Waals surface area contributed by atoms with Crippen molar-refractivity contribution in [2.75, 3.05) is 32.1 Å². The van der Waals surface area contributed by atoms with Crippen LogP contribution in [0.25, 0.3) is 0 Å². The number of nitrogens with one attached hydrogen (secondary N) is 2. The van der Waals surface area contributed by atoms with Gasteiger partial charge < -0.3 is 20.1 Å². The predicted molar refractivity (Wildman–Crippen MR) is 78.3 cm³/mol. The maximum Gasteiger partial charge on any atom is 0.339 e. The van der Waals surface area contributed by atoms with Crippen molar-refractivity contribution in [1.29, 1.82) is 0 Å². The SMILES string of the molecule is COC(=O)c1ccccc1NC(=O)COC1CCNCC1. The van der Waals surface area contributed by atoms with Gasteiger partial charge in [0, 0.05) is 0 Å². The number of ether oxygens (including phenoxy) is 2. The molecule has 21 heavy (non-hydrogen) atoms. The maximum absolute atomic E-state index is 11.9.